The Morgan fingerprint density at radius 2 is 1.22 bits per heavy atom. The fraction of sp³-hybridized carbons (Fsp3) is 0.125. The Balaban J connectivity index is 2.28. The third-order valence-corrected chi connectivity index (χ3v) is 4.36. The minimum absolute atomic E-state index is 0.0228. The monoisotopic (exact) mass is 312 g/mol. The predicted octanol–water partition coefficient (Wildman–Crippen LogP) is 1.43. The number of hydrogen-bond acceptors (Lipinski definition) is 4. The van der Waals surface area contributed by atoms with Gasteiger partial charge in [-0.15, -0.1) is 0 Å². The molecule has 2 aliphatic heterocycles. The van der Waals surface area contributed by atoms with E-state index in [2.05, 4.69) is 0 Å². The van der Waals surface area contributed by atoms with Crippen molar-refractivity contribution in [3.63, 3.8) is 0 Å². The van der Waals surface area contributed by atoms with Crippen molar-refractivity contribution in [1.29, 1.82) is 0 Å². The third-order valence-electron chi connectivity index (χ3n) is 4.36. The van der Waals surface area contributed by atoms with Crippen LogP contribution < -0.4 is 0 Å². The topological polar surface area (TPSA) is 74.8 Å². The molecule has 23 heavy (non-hydrogen) atoms. The summed E-state index contributed by atoms with van der Waals surface area (Å²) in [5, 5.41) is 0.210. The fourth-order valence-corrected chi connectivity index (χ4v) is 3.16. The van der Waals surface area contributed by atoms with Gasteiger partial charge in [0.15, 0.2) is 0 Å². The Morgan fingerprint density at radius 1 is 0.739 bits per heavy atom. The molecule has 4 rings (SSSR count). The fourth-order valence-electron chi connectivity index (χ4n) is 3.16. The van der Waals surface area contributed by atoms with Gasteiger partial charge in [0.25, 0.3) is 23.6 Å². The SMILES string of the molecule is CN1C(=O)c2ccc3c4c(c(F)cc(c24)C1=O)C(=O)N(C)C3=O. The summed E-state index contributed by atoms with van der Waals surface area (Å²) in [7, 11) is 2.56. The van der Waals surface area contributed by atoms with Crippen molar-refractivity contribution in [1.82, 2.24) is 9.80 Å². The van der Waals surface area contributed by atoms with Gasteiger partial charge in [0, 0.05) is 36.0 Å². The van der Waals surface area contributed by atoms with Gasteiger partial charge < -0.3 is 0 Å². The van der Waals surface area contributed by atoms with Crippen molar-refractivity contribution >= 4 is 34.4 Å². The molecular formula is C16H9FN2O4. The van der Waals surface area contributed by atoms with Crippen LogP contribution in [0.4, 0.5) is 4.39 Å². The molecule has 0 unspecified atom stereocenters. The molecule has 0 N–H and O–H groups in total. The van der Waals surface area contributed by atoms with E-state index in [0.717, 1.165) is 15.9 Å². The number of imide groups is 2. The van der Waals surface area contributed by atoms with Gasteiger partial charge in [0.2, 0.25) is 0 Å². The number of hydrogen-bond donors (Lipinski definition) is 0. The summed E-state index contributed by atoms with van der Waals surface area (Å²) in [5.41, 5.74) is -0.0304. The summed E-state index contributed by atoms with van der Waals surface area (Å²) in [6.07, 6.45) is 0. The number of amides is 4. The maximum Gasteiger partial charge on any atom is 0.264 e. The van der Waals surface area contributed by atoms with E-state index in [4.69, 9.17) is 0 Å². The smallest absolute Gasteiger partial charge is 0.264 e. The molecule has 114 valence electrons. The lowest BCUT2D eigenvalue weighted by Gasteiger charge is -2.29. The summed E-state index contributed by atoms with van der Waals surface area (Å²) in [6.45, 7) is 0. The van der Waals surface area contributed by atoms with Crippen molar-refractivity contribution in [2.24, 2.45) is 0 Å². The molecule has 2 aliphatic rings. The molecule has 7 heteroatoms. The average Bonchev–Trinajstić information content (AvgIpc) is 2.54. The van der Waals surface area contributed by atoms with E-state index >= 15 is 0 Å². The zero-order valence-electron chi connectivity index (χ0n) is 12.1. The largest absolute Gasteiger partial charge is 0.277 e. The molecule has 0 aliphatic carbocycles. The molecule has 0 spiro atoms. The molecule has 0 saturated carbocycles. The number of halogens is 1. The highest BCUT2D eigenvalue weighted by atomic mass is 19.1. The van der Waals surface area contributed by atoms with E-state index in [1.807, 2.05) is 0 Å². The number of carbonyl (C=O) groups excluding carboxylic acids is 4. The lowest BCUT2D eigenvalue weighted by atomic mass is 9.86. The van der Waals surface area contributed by atoms with Gasteiger partial charge in [0.05, 0.1) is 11.1 Å². The zero-order chi connectivity index (χ0) is 16.6. The highest BCUT2D eigenvalue weighted by molar-refractivity contribution is 6.33. The van der Waals surface area contributed by atoms with E-state index in [1.54, 1.807) is 0 Å². The summed E-state index contributed by atoms with van der Waals surface area (Å²) < 4.78 is 14.5. The molecule has 0 atom stereocenters. The molecule has 2 aromatic rings. The predicted molar refractivity (Wildman–Crippen MR) is 76.8 cm³/mol. The Hall–Kier alpha value is -3.09. The van der Waals surface area contributed by atoms with Crippen molar-refractivity contribution in [3.8, 4) is 0 Å². The second kappa shape index (κ2) is 4.01. The Bertz CT molecular complexity index is 995. The van der Waals surface area contributed by atoms with E-state index in [9.17, 15) is 23.6 Å². The maximum absolute atomic E-state index is 14.5. The van der Waals surface area contributed by atoms with Gasteiger partial charge in [0.1, 0.15) is 5.82 Å². The first kappa shape index (κ1) is 13.6. The Labute approximate surface area is 129 Å². The van der Waals surface area contributed by atoms with E-state index in [1.165, 1.54) is 26.2 Å². The van der Waals surface area contributed by atoms with Crippen LogP contribution in [0, 0.1) is 5.82 Å². The summed E-state index contributed by atoms with van der Waals surface area (Å²) in [6, 6.07) is 3.77. The van der Waals surface area contributed by atoms with Crippen molar-refractivity contribution in [2.45, 2.75) is 0 Å². The minimum Gasteiger partial charge on any atom is -0.277 e. The Kier molecular flexibility index (Phi) is 2.36. The first-order valence-electron chi connectivity index (χ1n) is 6.78. The zero-order valence-corrected chi connectivity index (χ0v) is 12.1. The van der Waals surface area contributed by atoms with Gasteiger partial charge in [-0.05, 0) is 18.2 Å². The number of benzene rings is 2. The van der Waals surface area contributed by atoms with Crippen LogP contribution in [-0.2, 0) is 0 Å². The molecule has 4 amide bonds. The third kappa shape index (κ3) is 1.41. The van der Waals surface area contributed by atoms with Gasteiger partial charge >= 0.3 is 0 Å². The van der Waals surface area contributed by atoms with E-state index in [-0.39, 0.29) is 33.0 Å². The number of carbonyl (C=O) groups is 4. The van der Waals surface area contributed by atoms with Crippen LogP contribution in [0.5, 0.6) is 0 Å². The summed E-state index contributed by atoms with van der Waals surface area (Å²) >= 11 is 0. The maximum atomic E-state index is 14.5. The lowest BCUT2D eigenvalue weighted by molar-refractivity contribution is 0.0627. The minimum atomic E-state index is -0.883. The van der Waals surface area contributed by atoms with Crippen LogP contribution in [0.15, 0.2) is 18.2 Å². The summed E-state index contributed by atoms with van der Waals surface area (Å²) in [5.74, 6) is -3.48. The van der Waals surface area contributed by atoms with Crippen LogP contribution in [-0.4, -0.2) is 47.5 Å². The highest BCUT2D eigenvalue weighted by Crippen LogP contribution is 2.38. The van der Waals surface area contributed by atoms with Gasteiger partial charge in [-0.1, -0.05) is 0 Å². The number of rotatable bonds is 0. The van der Waals surface area contributed by atoms with E-state index < -0.39 is 29.4 Å². The molecule has 0 bridgehead atoms. The Morgan fingerprint density at radius 3 is 1.83 bits per heavy atom. The van der Waals surface area contributed by atoms with Gasteiger partial charge in [-0.2, -0.15) is 0 Å². The second-order valence-corrected chi connectivity index (χ2v) is 5.53. The normalized spacial score (nSPS) is 16.7. The molecule has 0 radical (unpaired) electrons. The van der Waals surface area contributed by atoms with E-state index in [0.29, 0.717) is 0 Å². The van der Waals surface area contributed by atoms with Crippen molar-refractivity contribution in [2.75, 3.05) is 14.1 Å². The molecule has 0 aromatic heterocycles. The molecule has 2 aromatic carbocycles. The van der Waals surface area contributed by atoms with Gasteiger partial charge in [-0.25, -0.2) is 4.39 Å². The van der Waals surface area contributed by atoms with Crippen molar-refractivity contribution in [3.05, 3.63) is 46.3 Å². The molecule has 0 fully saturated rings. The first-order chi connectivity index (χ1) is 10.8. The molecule has 0 saturated heterocycles. The van der Waals surface area contributed by atoms with Crippen LogP contribution >= 0.6 is 0 Å². The lowest BCUT2D eigenvalue weighted by Crippen LogP contribution is -2.41. The van der Waals surface area contributed by atoms with Crippen LogP contribution in [0.1, 0.15) is 41.4 Å². The molecule has 2 heterocycles. The molecular weight excluding hydrogens is 303 g/mol. The second-order valence-electron chi connectivity index (χ2n) is 5.53. The van der Waals surface area contributed by atoms with Crippen LogP contribution in [0.3, 0.4) is 0 Å². The van der Waals surface area contributed by atoms with Crippen LogP contribution in [0.2, 0.25) is 0 Å². The van der Waals surface area contributed by atoms with Crippen LogP contribution in [0.25, 0.3) is 10.8 Å². The molecule has 6 nitrogen and oxygen atoms in total. The summed E-state index contributed by atoms with van der Waals surface area (Å²) in [4.78, 5) is 50.8. The number of nitrogens with zero attached hydrogens (tertiary/aromatic N) is 2. The highest BCUT2D eigenvalue weighted by Gasteiger charge is 2.39. The van der Waals surface area contributed by atoms with Gasteiger partial charge in [-0.3, -0.25) is 29.0 Å². The quantitative estimate of drug-likeness (QED) is 0.690. The average molecular weight is 312 g/mol. The van der Waals surface area contributed by atoms with Crippen molar-refractivity contribution < 1.29 is 23.6 Å². The standard InChI is InChI=1S/C16H9FN2O4/c1-18-13(20)6-3-4-7-11-10(6)8(15(18)22)5-9(17)12(11)16(23)19(2)14(7)21/h3-5H,1-2H3. The first-order valence-corrected chi connectivity index (χ1v) is 6.78.